The molecule has 6 heteroatoms. The van der Waals surface area contributed by atoms with Crippen molar-refractivity contribution in [1.29, 1.82) is 0 Å². The number of benzene rings is 2. The fraction of sp³-hybridized carbons (Fsp3) is 0.280. The molecule has 0 radical (unpaired) electrons. The predicted octanol–water partition coefficient (Wildman–Crippen LogP) is 4.23. The van der Waals surface area contributed by atoms with Gasteiger partial charge in [0, 0.05) is 24.0 Å². The zero-order chi connectivity index (χ0) is 21.8. The Morgan fingerprint density at radius 2 is 2.00 bits per heavy atom. The van der Waals surface area contributed by atoms with E-state index in [-0.39, 0.29) is 23.7 Å². The zero-order valence-corrected chi connectivity index (χ0v) is 17.8. The maximum atomic E-state index is 12.5. The zero-order valence-electron chi connectivity index (χ0n) is 17.8. The molecule has 0 saturated heterocycles. The fourth-order valence-corrected chi connectivity index (χ4v) is 3.81. The van der Waals surface area contributed by atoms with E-state index in [2.05, 4.69) is 22.3 Å². The number of rotatable bonds is 6. The van der Waals surface area contributed by atoms with E-state index in [4.69, 9.17) is 9.15 Å². The lowest BCUT2D eigenvalue weighted by molar-refractivity contribution is -0.118. The molecule has 0 saturated carbocycles. The summed E-state index contributed by atoms with van der Waals surface area (Å²) < 4.78 is 11.1. The first-order valence-corrected chi connectivity index (χ1v) is 10.4. The number of hydrogen-bond donors (Lipinski definition) is 1. The molecule has 3 aromatic rings. The summed E-state index contributed by atoms with van der Waals surface area (Å²) in [6.07, 6.45) is 3.42. The predicted molar refractivity (Wildman–Crippen MR) is 121 cm³/mol. The largest absolute Gasteiger partial charge is 0.477 e. The second-order valence-electron chi connectivity index (χ2n) is 7.81. The van der Waals surface area contributed by atoms with Crippen molar-refractivity contribution in [2.24, 2.45) is 0 Å². The molecule has 2 aromatic carbocycles. The molecule has 160 valence electrons. The molecule has 1 N–H and O–H groups in total. The summed E-state index contributed by atoms with van der Waals surface area (Å²) in [5, 5.41) is 2.81. The fourth-order valence-electron chi connectivity index (χ4n) is 3.81. The minimum atomic E-state index is -0.331. The van der Waals surface area contributed by atoms with Crippen molar-refractivity contribution in [1.82, 2.24) is 0 Å². The van der Waals surface area contributed by atoms with Gasteiger partial charge in [-0.1, -0.05) is 30.3 Å². The Balaban J connectivity index is 1.38. The third kappa shape index (κ3) is 4.79. The summed E-state index contributed by atoms with van der Waals surface area (Å²) in [5.74, 6) is 0.259. The summed E-state index contributed by atoms with van der Waals surface area (Å²) in [6, 6.07) is 15.4. The molecular weight excluding hydrogens is 392 g/mol. The van der Waals surface area contributed by atoms with Gasteiger partial charge in [-0.2, -0.15) is 0 Å². The van der Waals surface area contributed by atoms with Crippen LogP contribution in [0.4, 0.5) is 11.4 Å². The average Bonchev–Trinajstić information content (AvgIpc) is 2.77. The lowest BCUT2D eigenvalue weighted by Crippen LogP contribution is -2.29. The third-order valence-corrected chi connectivity index (χ3v) is 5.64. The molecule has 31 heavy (non-hydrogen) atoms. The van der Waals surface area contributed by atoms with Gasteiger partial charge in [0.15, 0.2) is 6.61 Å². The van der Waals surface area contributed by atoms with Gasteiger partial charge in [0.2, 0.25) is 11.2 Å². The standard InChI is InChI=1S/C25H26N2O4/c1-17-7-5-10-21(18(17)2)26-25(29)16-31-24-15-30-20(13-23(24)28)14-27-12-6-9-19-8-3-4-11-22(19)27/h3-5,7-8,10-11,13,15H,6,9,12,14,16H2,1-2H3,(H,26,29). The van der Waals surface area contributed by atoms with Crippen LogP contribution in [0.1, 0.15) is 28.9 Å². The quantitative estimate of drug-likeness (QED) is 0.649. The highest BCUT2D eigenvalue weighted by atomic mass is 16.5. The van der Waals surface area contributed by atoms with Crippen LogP contribution in [0, 0.1) is 13.8 Å². The van der Waals surface area contributed by atoms with Crippen LogP contribution >= 0.6 is 0 Å². The molecule has 0 bridgehead atoms. The van der Waals surface area contributed by atoms with Crippen molar-refractivity contribution in [3.05, 3.63) is 87.5 Å². The molecule has 4 rings (SSSR count). The first kappa shape index (κ1) is 20.7. The van der Waals surface area contributed by atoms with Crippen LogP contribution in [-0.4, -0.2) is 19.1 Å². The van der Waals surface area contributed by atoms with Crippen molar-refractivity contribution >= 4 is 17.3 Å². The van der Waals surface area contributed by atoms with Gasteiger partial charge in [-0.25, -0.2) is 0 Å². The minimum absolute atomic E-state index is 0.0268. The number of anilines is 2. The molecule has 0 unspecified atom stereocenters. The van der Waals surface area contributed by atoms with Gasteiger partial charge < -0.3 is 19.4 Å². The second kappa shape index (κ2) is 9.08. The van der Waals surface area contributed by atoms with Crippen LogP contribution in [0.25, 0.3) is 0 Å². The minimum Gasteiger partial charge on any atom is -0.477 e. The third-order valence-electron chi connectivity index (χ3n) is 5.64. The molecule has 0 spiro atoms. The maximum Gasteiger partial charge on any atom is 0.262 e. The first-order valence-electron chi connectivity index (χ1n) is 10.4. The van der Waals surface area contributed by atoms with Gasteiger partial charge in [-0.05, 0) is 55.5 Å². The second-order valence-corrected chi connectivity index (χ2v) is 7.81. The molecule has 1 aliphatic heterocycles. The molecule has 1 amide bonds. The Hall–Kier alpha value is -3.54. The SMILES string of the molecule is Cc1cccc(NC(=O)COc2coc(CN3CCCc4ccccc43)cc2=O)c1C. The number of amides is 1. The van der Waals surface area contributed by atoms with Crippen LogP contribution in [-0.2, 0) is 17.8 Å². The molecule has 6 nitrogen and oxygen atoms in total. The number of aryl methyl sites for hydroxylation is 2. The van der Waals surface area contributed by atoms with Crippen LogP contribution in [0.3, 0.4) is 0 Å². The van der Waals surface area contributed by atoms with Gasteiger partial charge in [-0.15, -0.1) is 0 Å². The van der Waals surface area contributed by atoms with Crippen LogP contribution in [0.5, 0.6) is 5.75 Å². The van der Waals surface area contributed by atoms with Gasteiger partial charge in [0.05, 0.1) is 6.54 Å². The molecule has 0 aliphatic carbocycles. The first-order chi connectivity index (χ1) is 15.0. The van der Waals surface area contributed by atoms with Crippen molar-refractivity contribution in [3.63, 3.8) is 0 Å². The van der Waals surface area contributed by atoms with E-state index < -0.39 is 0 Å². The number of fused-ring (bicyclic) bond motifs is 1. The summed E-state index contributed by atoms with van der Waals surface area (Å²) in [7, 11) is 0. The molecule has 0 atom stereocenters. The van der Waals surface area contributed by atoms with Crippen LogP contribution < -0.4 is 20.4 Å². The normalized spacial score (nSPS) is 12.9. The van der Waals surface area contributed by atoms with E-state index in [0.717, 1.165) is 36.2 Å². The number of ether oxygens (including phenoxy) is 1. The number of nitrogens with one attached hydrogen (secondary N) is 1. The molecule has 1 aliphatic rings. The average molecular weight is 418 g/mol. The Labute approximate surface area is 181 Å². The molecule has 2 heterocycles. The Morgan fingerprint density at radius 1 is 1.16 bits per heavy atom. The lowest BCUT2D eigenvalue weighted by Gasteiger charge is -2.30. The van der Waals surface area contributed by atoms with Crippen LogP contribution in [0.2, 0.25) is 0 Å². The highest BCUT2D eigenvalue weighted by Crippen LogP contribution is 2.28. The molecular formula is C25H26N2O4. The van der Waals surface area contributed by atoms with E-state index in [0.29, 0.717) is 12.3 Å². The molecule has 0 fully saturated rings. The Bertz CT molecular complexity index is 1150. The highest BCUT2D eigenvalue weighted by Gasteiger charge is 2.18. The topological polar surface area (TPSA) is 71.8 Å². The van der Waals surface area contributed by atoms with Gasteiger partial charge >= 0.3 is 0 Å². The van der Waals surface area contributed by atoms with Crippen molar-refractivity contribution < 1.29 is 13.9 Å². The number of hydrogen-bond acceptors (Lipinski definition) is 5. The number of carbonyl (C=O) groups excluding carboxylic acids is 1. The lowest BCUT2D eigenvalue weighted by atomic mass is 10.0. The summed E-state index contributed by atoms with van der Waals surface area (Å²) in [4.78, 5) is 26.9. The Kier molecular flexibility index (Phi) is 6.07. The van der Waals surface area contributed by atoms with Crippen molar-refractivity contribution in [2.75, 3.05) is 23.4 Å². The van der Waals surface area contributed by atoms with Crippen molar-refractivity contribution in [2.45, 2.75) is 33.2 Å². The van der Waals surface area contributed by atoms with Crippen LogP contribution in [0.15, 0.2) is 64.0 Å². The number of carbonyl (C=O) groups is 1. The van der Waals surface area contributed by atoms with E-state index in [1.54, 1.807) is 0 Å². The van der Waals surface area contributed by atoms with Gasteiger partial charge in [0.1, 0.15) is 12.0 Å². The number of para-hydroxylation sites is 1. The van der Waals surface area contributed by atoms with E-state index in [9.17, 15) is 9.59 Å². The van der Waals surface area contributed by atoms with E-state index >= 15 is 0 Å². The smallest absolute Gasteiger partial charge is 0.262 e. The van der Waals surface area contributed by atoms with E-state index in [1.165, 1.54) is 23.6 Å². The van der Waals surface area contributed by atoms with E-state index in [1.807, 2.05) is 44.2 Å². The molecule has 1 aromatic heterocycles. The summed E-state index contributed by atoms with van der Waals surface area (Å²) >= 11 is 0. The monoisotopic (exact) mass is 418 g/mol. The highest BCUT2D eigenvalue weighted by molar-refractivity contribution is 5.92. The van der Waals surface area contributed by atoms with Crippen molar-refractivity contribution in [3.8, 4) is 5.75 Å². The maximum absolute atomic E-state index is 12.5. The summed E-state index contributed by atoms with van der Waals surface area (Å²) in [6.45, 7) is 5.09. The number of nitrogens with zero attached hydrogens (tertiary/aromatic N) is 1. The van der Waals surface area contributed by atoms with Gasteiger partial charge in [-0.3, -0.25) is 9.59 Å². The Morgan fingerprint density at radius 3 is 2.84 bits per heavy atom. The summed E-state index contributed by atoms with van der Waals surface area (Å²) in [5.41, 5.74) is 5.01. The van der Waals surface area contributed by atoms with Gasteiger partial charge in [0.25, 0.3) is 5.91 Å².